The highest BCUT2D eigenvalue weighted by Crippen LogP contribution is 2.40. The molecule has 0 unspecified atom stereocenters. The van der Waals surface area contributed by atoms with Crippen molar-refractivity contribution < 1.29 is 19.4 Å². The minimum absolute atomic E-state index is 0.0862. The first-order chi connectivity index (χ1) is 18.3. The van der Waals surface area contributed by atoms with Crippen molar-refractivity contribution in [3.8, 4) is 11.3 Å². The molecule has 2 aromatic carbocycles. The van der Waals surface area contributed by atoms with Crippen LogP contribution in [0.1, 0.15) is 65.0 Å². The van der Waals surface area contributed by atoms with Crippen LogP contribution in [0.5, 0.6) is 0 Å². The summed E-state index contributed by atoms with van der Waals surface area (Å²) in [5.74, 6) is -1.46. The first-order valence-corrected chi connectivity index (χ1v) is 14.3. The lowest BCUT2D eigenvalue weighted by atomic mass is 9.88. The number of hydrogen-bond donors (Lipinski definition) is 2. The van der Waals surface area contributed by atoms with Crippen molar-refractivity contribution in [2.45, 2.75) is 52.4 Å². The molecular formula is C29H30Cl2N2O4S. The minimum Gasteiger partial charge on any atom is -0.478 e. The summed E-state index contributed by atoms with van der Waals surface area (Å²) in [6.07, 6.45) is 7.40. The van der Waals surface area contributed by atoms with Crippen molar-refractivity contribution in [3.63, 3.8) is 0 Å². The van der Waals surface area contributed by atoms with Crippen LogP contribution in [0.15, 0.2) is 35.9 Å². The van der Waals surface area contributed by atoms with Crippen LogP contribution >= 0.6 is 34.5 Å². The third-order valence-corrected chi connectivity index (χ3v) is 8.12. The standard InChI is InChI=1S/C29H30Cl2N2O4S/c1-3-4-12-37-13-6-8-18-7-5-9-21-20(18)10-11-25-26(21)32-29(38-25)33-27(34)19-15-23(30)22(24(31)16-19)14-17(2)28(35)36/h5,7,9,14-16H,3-4,6,8,10-13H2,1-2H3,(H,35,36)(H,32,33,34). The van der Waals surface area contributed by atoms with E-state index in [9.17, 15) is 9.59 Å². The van der Waals surface area contributed by atoms with Gasteiger partial charge in [-0.15, -0.1) is 11.3 Å². The van der Waals surface area contributed by atoms with E-state index in [4.69, 9.17) is 38.0 Å². The van der Waals surface area contributed by atoms with Gasteiger partial charge in [0.05, 0.1) is 15.7 Å². The molecule has 0 radical (unpaired) electrons. The number of aliphatic carboxylic acids is 1. The van der Waals surface area contributed by atoms with E-state index in [0.29, 0.717) is 10.7 Å². The number of hydrogen-bond acceptors (Lipinski definition) is 5. The maximum Gasteiger partial charge on any atom is 0.331 e. The molecule has 1 aliphatic carbocycles. The average Bonchev–Trinajstić information content (AvgIpc) is 3.30. The van der Waals surface area contributed by atoms with Crippen LogP contribution in [-0.4, -0.2) is 35.2 Å². The Bertz CT molecular complexity index is 1360. The van der Waals surface area contributed by atoms with Gasteiger partial charge in [-0.3, -0.25) is 10.1 Å². The molecular weight excluding hydrogens is 543 g/mol. The number of aryl methyl sites for hydroxylation is 2. The van der Waals surface area contributed by atoms with Crippen LogP contribution in [0.2, 0.25) is 10.0 Å². The Hall–Kier alpha value is -2.71. The number of rotatable bonds is 11. The molecule has 0 aliphatic heterocycles. The van der Waals surface area contributed by atoms with Gasteiger partial charge in [0.2, 0.25) is 0 Å². The maximum atomic E-state index is 13.0. The predicted molar refractivity (Wildman–Crippen MR) is 155 cm³/mol. The predicted octanol–water partition coefficient (Wildman–Crippen LogP) is 7.71. The number of aromatic nitrogens is 1. The smallest absolute Gasteiger partial charge is 0.331 e. The zero-order valence-corrected chi connectivity index (χ0v) is 23.7. The highest BCUT2D eigenvalue weighted by Gasteiger charge is 2.24. The molecule has 1 aromatic heterocycles. The Morgan fingerprint density at radius 2 is 1.89 bits per heavy atom. The van der Waals surface area contributed by atoms with Crippen molar-refractivity contribution in [3.05, 3.63) is 73.1 Å². The van der Waals surface area contributed by atoms with Gasteiger partial charge in [-0.1, -0.05) is 54.7 Å². The molecule has 0 bridgehead atoms. The number of halogens is 2. The number of carboxylic acids is 1. The lowest BCUT2D eigenvalue weighted by molar-refractivity contribution is -0.132. The average molecular weight is 574 g/mol. The molecule has 38 heavy (non-hydrogen) atoms. The first kappa shape index (κ1) is 28.3. The molecule has 0 fully saturated rings. The van der Waals surface area contributed by atoms with Crippen LogP contribution < -0.4 is 5.32 Å². The Morgan fingerprint density at radius 3 is 2.61 bits per heavy atom. The number of nitrogens with zero attached hydrogens (tertiary/aromatic N) is 1. The van der Waals surface area contributed by atoms with Gasteiger partial charge in [0, 0.05) is 40.4 Å². The molecule has 6 nitrogen and oxygen atoms in total. The number of nitrogens with one attached hydrogen (secondary N) is 1. The van der Waals surface area contributed by atoms with Crippen molar-refractivity contribution in [2.75, 3.05) is 18.5 Å². The number of benzene rings is 2. The molecule has 200 valence electrons. The monoisotopic (exact) mass is 572 g/mol. The van der Waals surface area contributed by atoms with Gasteiger partial charge in [-0.05, 0) is 68.4 Å². The van der Waals surface area contributed by atoms with Gasteiger partial charge in [0.15, 0.2) is 5.13 Å². The fourth-order valence-electron chi connectivity index (χ4n) is 4.42. The van der Waals surface area contributed by atoms with E-state index in [2.05, 4.69) is 30.4 Å². The van der Waals surface area contributed by atoms with E-state index in [1.54, 1.807) is 0 Å². The number of carboxylic acid groups (broad SMARTS) is 1. The molecule has 2 N–H and O–H groups in total. The number of anilines is 1. The van der Waals surface area contributed by atoms with Crippen LogP contribution in [0.4, 0.5) is 5.13 Å². The quantitative estimate of drug-likeness (QED) is 0.181. The van der Waals surface area contributed by atoms with Gasteiger partial charge < -0.3 is 9.84 Å². The second-order valence-electron chi connectivity index (χ2n) is 9.24. The summed E-state index contributed by atoms with van der Waals surface area (Å²) in [4.78, 5) is 30.1. The largest absolute Gasteiger partial charge is 0.478 e. The highest BCUT2D eigenvalue weighted by molar-refractivity contribution is 7.16. The first-order valence-electron chi connectivity index (χ1n) is 12.7. The topological polar surface area (TPSA) is 88.5 Å². The van der Waals surface area contributed by atoms with E-state index in [-0.39, 0.29) is 27.1 Å². The number of thiazole rings is 1. The van der Waals surface area contributed by atoms with Crippen LogP contribution in [0.3, 0.4) is 0 Å². The number of amides is 1. The van der Waals surface area contributed by atoms with Gasteiger partial charge in [-0.2, -0.15) is 0 Å². The number of unbranched alkanes of at least 4 members (excludes halogenated alkanes) is 1. The summed E-state index contributed by atoms with van der Waals surface area (Å²) in [6, 6.07) is 9.32. The number of carbonyl (C=O) groups excluding carboxylic acids is 1. The zero-order valence-electron chi connectivity index (χ0n) is 21.4. The summed E-state index contributed by atoms with van der Waals surface area (Å²) < 4.78 is 5.73. The van der Waals surface area contributed by atoms with Crippen molar-refractivity contribution >= 4 is 57.6 Å². The van der Waals surface area contributed by atoms with Crippen molar-refractivity contribution in [1.29, 1.82) is 0 Å². The van der Waals surface area contributed by atoms with E-state index >= 15 is 0 Å². The molecule has 1 amide bonds. The van der Waals surface area contributed by atoms with Crippen molar-refractivity contribution in [1.82, 2.24) is 4.98 Å². The minimum atomic E-state index is -1.07. The molecule has 1 heterocycles. The number of fused-ring (bicyclic) bond motifs is 3. The molecule has 0 saturated carbocycles. The second-order valence-corrected chi connectivity index (χ2v) is 11.1. The summed E-state index contributed by atoms with van der Waals surface area (Å²) in [5, 5.41) is 12.9. The van der Waals surface area contributed by atoms with Crippen molar-refractivity contribution in [2.24, 2.45) is 0 Å². The Kier molecular flexibility index (Phi) is 9.60. The molecule has 0 atom stereocenters. The maximum absolute atomic E-state index is 13.0. The molecule has 0 saturated heterocycles. The second kappa shape index (κ2) is 12.9. The third kappa shape index (κ3) is 6.64. The Balaban J connectivity index is 1.48. The van der Waals surface area contributed by atoms with E-state index < -0.39 is 5.97 Å². The van der Waals surface area contributed by atoms with Gasteiger partial charge in [0.25, 0.3) is 5.91 Å². The fraction of sp³-hybridized carbons (Fsp3) is 0.345. The SMILES string of the molecule is CCCCOCCCc1cccc2c1CCc1sc(NC(=O)c3cc(Cl)c(C=C(C)C(=O)O)c(Cl)c3)nc1-2. The lowest BCUT2D eigenvalue weighted by Crippen LogP contribution is -2.12. The van der Waals surface area contributed by atoms with Gasteiger partial charge >= 0.3 is 5.97 Å². The van der Waals surface area contributed by atoms with Crippen LogP contribution in [0.25, 0.3) is 17.3 Å². The summed E-state index contributed by atoms with van der Waals surface area (Å²) >= 11 is 14.1. The summed E-state index contributed by atoms with van der Waals surface area (Å²) in [7, 11) is 0. The van der Waals surface area contributed by atoms with E-state index in [1.165, 1.54) is 47.6 Å². The van der Waals surface area contributed by atoms with E-state index in [1.807, 2.05) is 0 Å². The fourth-order valence-corrected chi connectivity index (χ4v) is 5.99. The highest BCUT2D eigenvalue weighted by atomic mass is 35.5. The Labute approximate surface area is 236 Å². The van der Waals surface area contributed by atoms with Crippen LogP contribution in [-0.2, 0) is 28.8 Å². The van der Waals surface area contributed by atoms with Crippen LogP contribution in [0, 0.1) is 0 Å². The molecule has 4 rings (SSSR count). The normalized spacial score (nSPS) is 12.7. The van der Waals surface area contributed by atoms with Gasteiger partial charge in [0.1, 0.15) is 0 Å². The summed E-state index contributed by atoms with van der Waals surface area (Å²) in [6.45, 7) is 5.21. The molecule has 9 heteroatoms. The Morgan fingerprint density at radius 1 is 1.16 bits per heavy atom. The number of ether oxygens (including phenoxy) is 1. The third-order valence-electron chi connectivity index (χ3n) is 6.46. The van der Waals surface area contributed by atoms with Gasteiger partial charge in [-0.25, -0.2) is 9.78 Å². The molecule has 0 spiro atoms. The zero-order chi connectivity index (χ0) is 27.2. The molecule has 1 aliphatic rings. The number of carbonyl (C=O) groups is 2. The lowest BCUT2D eigenvalue weighted by Gasteiger charge is -2.18. The van der Waals surface area contributed by atoms with E-state index in [0.717, 1.165) is 67.9 Å². The summed E-state index contributed by atoms with van der Waals surface area (Å²) in [5.41, 5.74) is 5.43. The molecule has 3 aromatic rings.